The highest BCUT2D eigenvalue weighted by atomic mass is 79.9. The van der Waals surface area contributed by atoms with Crippen molar-refractivity contribution in [3.8, 4) is 0 Å². The summed E-state index contributed by atoms with van der Waals surface area (Å²) >= 11 is 9.76. The highest BCUT2D eigenvalue weighted by Crippen LogP contribution is 2.45. The van der Waals surface area contributed by atoms with Gasteiger partial charge in [0, 0.05) is 23.3 Å². The topological polar surface area (TPSA) is 78.8 Å². The summed E-state index contributed by atoms with van der Waals surface area (Å²) in [6, 6.07) is 0.202. The van der Waals surface area contributed by atoms with Gasteiger partial charge in [0.15, 0.2) is 0 Å². The zero-order valence-electron chi connectivity index (χ0n) is 8.42. The number of phosphoric ester groups is 1. The number of halogens is 2. The molecule has 5 atom stereocenters. The van der Waals surface area contributed by atoms with Gasteiger partial charge in [0.05, 0.1) is 11.5 Å². The number of hydrogen-bond acceptors (Lipinski definition) is 3. The number of fused-ring (bicyclic) bond motifs is 1. The Morgan fingerprint density at radius 2 is 2.12 bits per heavy atom. The van der Waals surface area contributed by atoms with Gasteiger partial charge in [-0.1, -0.05) is 15.9 Å². The number of hydrogen-bond donors (Lipinski definition) is 3. The van der Waals surface area contributed by atoms with Crippen LogP contribution >= 0.6 is 35.4 Å². The quantitative estimate of drug-likeness (QED) is 0.523. The molecule has 0 aromatic rings. The van der Waals surface area contributed by atoms with E-state index in [0.717, 1.165) is 12.8 Å². The normalized spacial score (nSPS) is 44.4. The Morgan fingerprint density at radius 1 is 1.44 bits per heavy atom. The van der Waals surface area contributed by atoms with E-state index in [4.69, 9.17) is 25.9 Å². The highest BCUT2D eigenvalue weighted by Gasteiger charge is 2.47. The van der Waals surface area contributed by atoms with Crippen LogP contribution in [0.5, 0.6) is 0 Å². The van der Waals surface area contributed by atoms with Crippen molar-refractivity contribution in [2.24, 2.45) is 5.92 Å². The first-order valence-corrected chi connectivity index (χ1v) is 8.02. The SMILES string of the molecule is O=P(O)(O)OC1CNC2CCC(Br)C(Cl)C21. The Bertz CT molecular complexity index is 314. The first kappa shape index (κ1) is 13.3. The highest BCUT2D eigenvalue weighted by molar-refractivity contribution is 9.09. The predicted octanol–water partition coefficient (Wildman–Crippen LogP) is 1.22. The average molecular weight is 335 g/mol. The summed E-state index contributed by atoms with van der Waals surface area (Å²) in [5.74, 6) is -0.0487. The van der Waals surface area contributed by atoms with E-state index in [1.165, 1.54) is 0 Å². The van der Waals surface area contributed by atoms with E-state index in [9.17, 15) is 4.57 Å². The van der Waals surface area contributed by atoms with E-state index in [1.807, 2.05) is 0 Å². The molecule has 0 bridgehead atoms. The molecule has 1 saturated carbocycles. The maximum atomic E-state index is 10.8. The third-order valence-corrected chi connectivity index (χ3v) is 5.69. The Kier molecular flexibility index (Phi) is 4.02. The summed E-state index contributed by atoms with van der Waals surface area (Å²) in [6.45, 7) is 0.448. The smallest absolute Gasteiger partial charge is 0.311 e. The van der Waals surface area contributed by atoms with Crippen molar-refractivity contribution in [2.75, 3.05) is 6.54 Å². The Morgan fingerprint density at radius 3 is 2.75 bits per heavy atom. The van der Waals surface area contributed by atoms with Gasteiger partial charge in [-0.3, -0.25) is 4.52 Å². The molecule has 1 heterocycles. The summed E-state index contributed by atoms with van der Waals surface area (Å²) in [5, 5.41) is 3.05. The van der Waals surface area contributed by atoms with Crippen LogP contribution in [0.3, 0.4) is 0 Å². The Labute approximate surface area is 107 Å². The molecular weight excluding hydrogens is 320 g/mol. The van der Waals surface area contributed by atoms with Crippen LogP contribution < -0.4 is 5.32 Å². The van der Waals surface area contributed by atoms with Crippen LogP contribution in [-0.4, -0.2) is 38.7 Å². The van der Waals surface area contributed by atoms with Gasteiger partial charge in [0.2, 0.25) is 0 Å². The van der Waals surface area contributed by atoms with Crippen LogP contribution in [0.4, 0.5) is 0 Å². The van der Waals surface area contributed by atoms with Crippen molar-refractivity contribution in [3.05, 3.63) is 0 Å². The summed E-state index contributed by atoms with van der Waals surface area (Å²) < 4.78 is 15.6. The van der Waals surface area contributed by atoms with Crippen molar-refractivity contribution in [3.63, 3.8) is 0 Å². The van der Waals surface area contributed by atoms with Crippen LogP contribution in [0.25, 0.3) is 0 Å². The third-order valence-electron chi connectivity index (χ3n) is 3.21. The predicted molar refractivity (Wildman–Crippen MR) is 63.8 cm³/mol. The lowest BCUT2D eigenvalue weighted by Gasteiger charge is -2.35. The largest absolute Gasteiger partial charge is 0.469 e. The van der Waals surface area contributed by atoms with Crippen LogP contribution in [-0.2, 0) is 9.09 Å². The number of nitrogens with one attached hydrogen (secondary N) is 1. The lowest BCUT2D eigenvalue weighted by atomic mass is 9.83. The summed E-state index contributed by atoms with van der Waals surface area (Å²) in [5.41, 5.74) is 0. The zero-order valence-corrected chi connectivity index (χ0v) is 11.7. The van der Waals surface area contributed by atoms with E-state index in [0.29, 0.717) is 6.54 Å². The minimum Gasteiger partial charge on any atom is -0.311 e. The fourth-order valence-corrected chi connectivity index (χ4v) is 4.19. The minimum atomic E-state index is -4.44. The average Bonchev–Trinajstić information content (AvgIpc) is 2.53. The van der Waals surface area contributed by atoms with Crippen LogP contribution in [0.2, 0.25) is 0 Å². The molecule has 1 saturated heterocycles. The van der Waals surface area contributed by atoms with Crippen molar-refractivity contribution in [2.45, 2.75) is 35.2 Å². The van der Waals surface area contributed by atoms with Crippen molar-refractivity contribution >= 4 is 35.4 Å². The first-order valence-electron chi connectivity index (χ1n) is 5.14. The van der Waals surface area contributed by atoms with Gasteiger partial charge in [-0.05, 0) is 12.8 Å². The minimum absolute atomic E-state index is 0.0487. The lowest BCUT2D eigenvalue weighted by Crippen LogP contribution is -2.43. The van der Waals surface area contributed by atoms with E-state index >= 15 is 0 Å². The van der Waals surface area contributed by atoms with Gasteiger partial charge in [-0.25, -0.2) is 4.57 Å². The second-order valence-electron chi connectivity index (χ2n) is 4.26. The molecule has 0 radical (unpaired) electrons. The van der Waals surface area contributed by atoms with Gasteiger partial charge in [0.25, 0.3) is 0 Å². The van der Waals surface area contributed by atoms with Crippen LogP contribution in [0, 0.1) is 5.92 Å². The van der Waals surface area contributed by atoms with E-state index < -0.39 is 13.9 Å². The molecule has 2 rings (SSSR count). The molecular formula is C8H14BrClNO4P. The van der Waals surface area contributed by atoms with Crippen molar-refractivity contribution in [1.82, 2.24) is 5.32 Å². The molecule has 1 aliphatic heterocycles. The number of rotatable bonds is 2. The van der Waals surface area contributed by atoms with Gasteiger partial charge in [-0.15, -0.1) is 11.6 Å². The second kappa shape index (κ2) is 4.84. The maximum absolute atomic E-state index is 10.8. The van der Waals surface area contributed by atoms with Crippen LogP contribution in [0.15, 0.2) is 0 Å². The summed E-state index contributed by atoms with van der Waals surface area (Å²) in [7, 11) is -4.44. The van der Waals surface area contributed by atoms with Crippen molar-refractivity contribution in [1.29, 1.82) is 0 Å². The molecule has 8 heteroatoms. The molecule has 16 heavy (non-hydrogen) atoms. The summed E-state index contributed by atoms with van der Waals surface area (Å²) in [4.78, 5) is 17.8. The molecule has 0 aromatic heterocycles. The molecule has 0 spiro atoms. The van der Waals surface area contributed by atoms with Gasteiger partial charge in [-0.2, -0.15) is 0 Å². The molecule has 5 unspecified atom stereocenters. The number of phosphoric acid groups is 1. The maximum Gasteiger partial charge on any atom is 0.469 e. The van der Waals surface area contributed by atoms with E-state index in [1.54, 1.807) is 0 Å². The van der Waals surface area contributed by atoms with E-state index in [2.05, 4.69) is 21.2 Å². The molecule has 2 fully saturated rings. The van der Waals surface area contributed by atoms with Crippen molar-refractivity contribution < 1.29 is 18.9 Å². The third kappa shape index (κ3) is 2.80. The van der Waals surface area contributed by atoms with Gasteiger partial charge >= 0.3 is 7.82 Å². The molecule has 3 N–H and O–H groups in total. The Balaban J connectivity index is 2.09. The monoisotopic (exact) mass is 333 g/mol. The molecule has 2 aliphatic rings. The van der Waals surface area contributed by atoms with E-state index in [-0.39, 0.29) is 22.2 Å². The Hall–Kier alpha value is 0.840. The molecule has 94 valence electrons. The molecule has 0 amide bonds. The van der Waals surface area contributed by atoms with Crippen LogP contribution in [0.1, 0.15) is 12.8 Å². The number of alkyl halides is 2. The fourth-order valence-electron chi connectivity index (χ4n) is 2.54. The molecule has 1 aliphatic carbocycles. The lowest BCUT2D eigenvalue weighted by molar-refractivity contribution is 0.101. The molecule has 5 nitrogen and oxygen atoms in total. The standard InChI is InChI=1S/C8H14BrClNO4P/c9-4-1-2-5-7(8(4)10)6(3-11-5)15-16(12,13)14/h4-8,11H,1-3H2,(H2,12,13,14). The fraction of sp³-hybridized carbons (Fsp3) is 1.00. The zero-order chi connectivity index (χ0) is 11.9. The molecule has 0 aromatic carbocycles. The van der Waals surface area contributed by atoms with Gasteiger partial charge in [0.1, 0.15) is 0 Å². The van der Waals surface area contributed by atoms with Gasteiger partial charge < -0.3 is 15.1 Å². The first-order chi connectivity index (χ1) is 7.38. The second-order valence-corrected chi connectivity index (χ2v) is 7.14. The summed E-state index contributed by atoms with van der Waals surface area (Å²) in [6.07, 6.45) is 1.41.